The third kappa shape index (κ3) is 7.26. The minimum Gasteiger partial charge on any atom is -0.390 e. The second-order valence-electron chi connectivity index (χ2n) is 8.85. The monoisotopic (exact) mass is 535 g/mol. The highest BCUT2D eigenvalue weighted by Gasteiger charge is 2.39. The molecule has 0 atom stereocenters. The number of hydrogen-bond donors (Lipinski definition) is 3. The maximum absolute atomic E-state index is 13.3. The van der Waals surface area contributed by atoms with Crippen LogP contribution in [0, 0.1) is 0 Å². The molecule has 9 nitrogen and oxygen atoms in total. The second-order valence-corrected chi connectivity index (χ2v) is 9.84. The molecule has 3 aromatic rings. The van der Waals surface area contributed by atoms with Crippen molar-refractivity contribution in [2.75, 3.05) is 26.3 Å². The van der Waals surface area contributed by atoms with Gasteiger partial charge in [0, 0.05) is 28.8 Å². The minimum atomic E-state index is -0.876. The highest BCUT2D eigenvalue weighted by molar-refractivity contribution is 7.10. The fourth-order valence-electron chi connectivity index (χ4n) is 4.25. The van der Waals surface area contributed by atoms with Crippen LogP contribution in [0.5, 0.6) is 0 Å². The first-order chi connectivity index (χ1) is 18.5. The van der Waals surface area contributed by atoms with Crippen LogP contribution in [-0.2, 0) is 20.8 Å². The summed E-state index contributed by atoms with van der Waals surface area (Å²) in [5.74, 6) is -1.50. The fraction of sp³-hybridized carbons (Fsp3) is 0.321. The predicted molar refractivity (Wildman–Crippen MR) is 149 cm³/mol. The van der Waals surface area contributed by atoms with Crippen LogP contribution in [0.4, 0.5) is 5.69 Å². The van der Waals surface area contributed by atoms with E-state index in [1.807, 2.05) is 60.8 Å². The van der Waals surface area contributed by atoms with Crippen molar-refractivity contribution in [1.82, 2.24) is 15.8 Å². The summed E-state index contributed by atoms with van der Waals surface area (Å²) in [6, 6.07) is 19.1. The summed E-state index contributed by atoms with van der Waals surface area (Å²) in [6.07, 6.45) is 2.73. The number of benzene rings is 2. The molecule has 0 unspecified atom stereocenters. The summed E-state index contributed by atoms with van der Waals surface area (Å²) in [5.41, 5.74) is 11.9. The Morgan fingerprint density at radius 1 is 1.11 bits per heavy atom. The van der Waals surface area contributed by atoms with Gasteiger partial charge in [0.1, 0.15) is 0 Å². The zero-order valence-electron chi connectivity index (χ0n) is 21.4. The van der Waals surface area contributed by atoms with Crippen LogP contribution in [0.2, 0.25) is 0 Å². The summed E-state index contributed by atoms with van der Waals surface area (Å²) >= 11 is 1.51. The van der Waals surface area contributed by atoms with Gasteiger partial charge in [-0.2, -0.15) is 0 Å². The lowest BCUT2D eigenvalue weighted by molar-refractivity contribution is -0.185. The van der Waals surface area contributed by atoms with Crippen LogP contribution in [-0.4, -0.2) is 55.3 Å². The molecular formula is C28H33N5O4S. The van der Waals surface area contributed by atoms with Crippen molar-refractivity contribution >= 4 is 35.2 Å². The van der Waals surface area contributed by atoms with Gasteiger partial charge in [0.2, 0.25) is 0 Å². The number of hydrogen-bond acceptors (Lipinski definition) is 7. The van der Waals surface area contributed by atoms with Crippen molar-refractivity contribution in [2.24, 2.45) is 10.7 Å². The SMILES string of the molecule is CCCC1(CN(NCc2cc(N=CN)cs2)C(=O)CNC(=O)c2ccc(-c3ccccc3)cc2)OCCO1. The van der Waals surface area contributed by atoms with E-state index in [-0.39, 0.29) is 24.9 Å². The second kappa shape index (κ2) is 13.3. The molecule has 0 saturated carbocycles. The Kier molecular flexibility index (Phi) is 9.61. The Morgan fingerprint density at radius 2 is 1.82 bits per heavy atom. The number of nitrogens with one attached hydrogen (secondary N) is 2. The van der Waals surface area contributed by atoms with Gasteiger partial charge >= 0.3 is 0 Å². The van der Waals surface area contributed by atoms with E-state index in [0.29, 0.717) is 31.7 Å². The number of aliphatic imine (C=N–C) groups is 1. The first-order valence-corrected chi connectivity index (χ1v) is 13.5. The lowest BCUT2D eigenvalue weighted by Crippen LogP contribution is -2.54. The highest BCUT2D eigenvalue weighted by atomic mass is 32.1. The van der Waals surface area contributed by atoms with Crippen molar-refractivity contribution in [3.63, 3.8) is 0 Å². The molecule has 200 valence electrons. The van der Waals surface area contributed by atoms with E-state index < -0.39 is 5.79 Å². The normalized spacial score (nSPS) is 14.6. The molecule has 0 radical (unpaired) electrons. The lowest BCUT2D eigenvalue weighted by atomic mass is 10.0. The Morgan fingerprint density at radius 3 is 2.50 bits per heavy atom. The number of amides is 2. The Balaban J connectivity index is 1.40. The summed E-state index contributed by atoms with van der Waals surface area (Å²) < 4.78 is 11.8. The average molecular weight is 536 g/mol. The van der Waals surface area contributed by atoms with Gasteiger partial charge in [-0.15, -0.1) is 11.3 Å². The van der Waals surface area contributed by atoms with Gasteiger partial charge in [-0.05, 0) is 29.3 Å². The van der Waals surface area contributed by atoms with Crippen molar-refractivity contribution < 1.29 is 19.1 Å². The van der Waals surface area contributed by atoms with E-state index >= 15 is 0 Å². The van der Waals surface area contributed by atoms with Gasteiger partial charge in [-0.3, -0.25) is 14.6 Å². The third-order valence-electron chi connectivity index (χ3n) is 6.11. The molecule has 0 spiro atoms. The minimum absolute atomic E-state index is 0.179. The molecule has 0 aliphatic carbocycles. The van der Waals surface area contributed by atoms with Crippen LogP contribution in [0.15, 0.2) is 71.0 Å². The number of ether oxygens (including phenoxy) is 2. The van der Waals surface area contributed by atoms with E-state index in [2.05, 4.69) is 15.7 Å². The first kappa shape index (κ1) is 27.5. The maximum Gasteiger partial charge on any atom is 0.256 e. The Hall–Kier alpha value is -3.57. The van der Waals surface area contributed by atoms with Crippen molar-refractivity contribution in [3.05, 3.63) is 76.5 Å². The van der Waals surface area contributed by atoms with Crippen molar-refractivity contribution in [1.29, 1.82) is 0 Å². The molecule has 1 aliphatic rings. The van der Waals surface area contributed by atoms with Crippen LogP contribution >= 0.6 is 11.3 Å². The van der Waals surface area contributed by atoms with Gasteiger partial charge in [0.25, 0.3) is 11.8 Å². The van der Waals surface area contributed by atoms with Crippen LogP contribution in [0.1, 0.15) is 35.0 Å². The van der Waals surface area contributed by atoms with Crippen LogP contribution < -0.4 is 16.5 Å². The molecule has 1 saturated heterocycles. The van der Waals surface area contributed by atoms with E-state index in [1.54, 1.807) is 12.1 Å². The van der Waals surface area contributed by atoms with E-state index in [0.717, 1.165) is 28.1 Å². The molecule has 2 amide bonds. The zero-order valence-corrected chi connectivity index (χ0v) is 22.2. The predicted octanol–water partition coefficient (Wildman–Crippen LogP) is 3.84. The number of nitrogens with zero attached hydrogens (tertiary/aromatic N) is 2. The first-order valence-electron chi connectivity index (χ1n) is 12.6. The van der Waals surface area contributed by atoms with E-state index in [4.69, 9.17) is 15.2 Å². The molecule has 2 aromatic carbocycles. The number of carbonyl (C=O) groups is 2. The Labute approximate surface area is 226 Å². The molecule has 0 bridgehead atoms. The molecule has 10 heteroatoms. The molecule has 2 heterocycles. The van der Waals surface area contributed by atoms with Crippen molar-refractivity contribution in [3.8, 4) is 11.1 Å². The summed E-state index contributed by atoms with van der Waals surface area (Å²) in [4.78, 5) is 31.1. The molecular weight excluding hydrogens is 502 g/mol. The molecule has 4 rings (SSSR count). The van der Waals surface area contributed by atoms with Gasteiger partial charge in [-0.25, -0.2) is 10.4 Å². The van der Waals surface area contributed by atoms with Crippen LogP contribution in [0.3, 0.4) is 0 Å². The Bertz CT molecular complexity index is 1220. The van der Waals surface area contributed by atoms with Crippen molar-refractivity contribution in [2.45, 2.75) is 32.1 Å². The zero-order chi connectivity index (χ0) is 26.8. The van der Waals surface area contributed by atoms with E-state index in [9.17, 15) is 9.59 Å². The standard InChI is InChI=1S/C28H33N5O4S/c1-2-12-28(36-13-14-37-28)19-33(32-16-25-15-24(18-38-25)31-20-29)26(34)17-30-27(35)23-10-8-22(9-11-23)21-6-4-3-5-7-21/h3-11,15,18,20,32H,2,12-14,16-17,19H2,1H3,(H2,29,31)(H,30,35). The van der Waals surface area contributed by atoms with Gasteiger partial charge in [0.05, 0.1) is 38.3 Å². The molecule has 38 heavy (non-hydrogen) atoms. The number of rotatable bonds is 12. The molecule has 1 aliphatic heterocycles. The molecule has 1 fully saturated rings. The van der Waals surface area contributed by atoms with E-state index in [1.165, 1.54) is 22.7 Å². The number of carbonyl (C=O) groups excluding carboxylic acids is 2. The lowest BCUT2D eigenvalue weighted by Gasteiger charge is -2.34. The van der Waals surface area contributed by atoms with Gasteiger partial charge in [0.15, 0.2) is 5.79 Å². The van der Waals surface area contributed by atoms with Crippen LogP contribution in [0.25, 0.3) is 11.1 Å². The number of thiophene rings is 1. The number of hydrazine groups is 1. The summed E-state index contributed by atoms with van der Waals surface area (Å²) in [6.45, 7) is 3.41. The molecule has 1 aromatic heterocycles. The quantitative estimate of drug-likeness (QED) is 0.184. The summed E-state index contributed by atoms with van der Waals surface area (Å²) in [5, 5.41) is 6.11. The van der Waals surface area contributed by atoms with Gasteiger partial charge < -0.3 is 20.5 Å². The number of nitrogens with two attached hydrogens (primary N) is 1. The average Bonchev–Trinajstić information content (AvgIpc) is 3.60. The highest BCUT2D eigenvalue weighted by Crippen LogP contribution is 2.27. The fourth-order valence-corrected chi connectivity index (χ4v) is 4.99. The third-order valence-corrected chi connectivity index (χ3v) is 7.03. The topological polar surface area (TPSA) is 118 Å². The van der Waals surface area contributed by atoms with Gasteiger partial charge in [-0.1, -0.05) is 55.8 Å². The smallest absolute Gasteiger partial charge is 0.256 e. The summed E-state index contributed by atoms with van der Waals surface area (Å²) in [7, 11) is 0. The largest absolute Gasteiger partial charge is 0.390 e. The maximum atomic E-state index is 13.3. The molecule has 4 N–H and O–H groups in total.